The molecule has 0 radical (unpaired) electrons. The predicted octanol–water partition coefficient (Wildman–Crippen LogP) is 5.61. The van der Waals surface area contributed by atoms with Gasteiger partial charge in [0.2, 0.25) is 5.91 Å². The second kappa shape index (κ2) is 11.0. The van der Waals surface area contributed by atoms with Crippen LogP contribution in [0.1, 0.15) is 42.4 Å². The monoisotopic (exact) mass is 556 g/mol. The molecule has 0 aliphatic heterocycles. The molecule has 1 aliphatic carbocycles. The fraction of sp³-hybridized carbons (Fsp3) is 0.370. The van der Waals surface area contributed by atoms with Gasteiger partial charge in [0.15, 0.2) is 5.12 Å². The van der Waals surface area contributed by atoms with Crippen LogP contribution in [0.25, 0.3) is 10.9 Å². The summed E-state index contributed by atoms with van der Waals surface area (Å²) in [5, 5.41) is 4.19. The zero-order valence-electron chi connectivity index (χ0n) is 20.1. The SMILES string of the molecule is COC(=O)CCc1c(NC(=O)C(CSC(C)=O)C2CCc3cc(Br)ccc32)n(C)c2ccccc12. The minimum atomic E-state index is -0.363. The van der Waals surface area contributed by atoms with E-state index in [1.807, 2.05) is 41.9 Å². The van der Waals surface area contributed by atoms with Crippen molar-refractivity contribution >= 4 is 61.4 Å². The number of benzene rings is 2. The largest absolute Gasteiger partial charge is 0.469 e. The van der Waals surface area contributed by atoms with E-state index in [9.17, 15) is 14.4 Å². The second-order valence-electron chi connectivity index (χ2n) is 8.87. The van der Waals surface area contributed by atoms with Crippen LogP contribution >= 0.6 is 27.7 Å². The molecule has 0 saturated carbocycles. The number of halogens is 1. The summed E-state index contributed by atoms with van der Waals surface area (Å²) < 4.78 is 7.84. The third kappa shape index (κ3) is 5.48. The number of thioether (sulfide) groups is 1. The van der Waals surface area contributed by atoms with E-state index in [0.29, 0.717) is 18.0 Å². The molecule has 4 rings (SSSR count). The molecule has 2 unspecified atom stereocenters. The summed E-state index contributed by atoms with van der Waals surface area (Å²) >= 11 is 4.74. The average molecular weight is 558 g/mol. The number of fused-ring (bicyclic) bond motifs is 2. The molecular formula is C27H29BrN2O4S. The maximum Gasteiger partial charge on any atom is 0.305 e. The topological polar surface area (TPSA) is 77.4 Å². The minimum Gasteiger partial charge on any atom is -0.469 e. The molecule has 1 aromatic heterocycles. The maximum atomic E-state index is 13.8. The normalized spacial score (nSPS) is 15.6. The fourth-order valence-electron chi connectivity index (χ4n) is 5.04. The smallest absolute Gasteiger partial charge is 0.305 e. The molecule has 2 aromatic carbocycles. The maximum absolute atomic E-state index is 13.8. The van der Waals surface area contributed by atoms with Gasteiger partial charge in [-0.3, -0.25) is 14.4 Å². The molecule has 2 atom stereocenters. The zero-order valence-corrected chi connectivity index (χ0v) is 22.5. The highest BCUT2D eigenvalue weighted by Crippen LogP contribution is 2.41. The minimum absolute atomic E-state index is 0.000184. The number of para-hydroxylation sites is 1. The standard InChI is InChI=1S/C27H29BrN2O4S/c1-16(31)35-15-23(20-10-8-17-14-18(28)9-11-19(17)20)27(33)29-26-22(12-13-25(32)34-3)21-6-4-5-7-24(21)30(26)2/h4-7,9,11,14,20,23H,8,10,12-13,15H2,1-3H3,(H,29,33). The van der Waals surface area contributed by atoms with E-state index in [0.717, 1.165) is 33.8 Å². The number of nitrogens with one attached hydrogen (secondary N) is 1. The van der Waals surface area contributed by atoms with Crippen LogP contribution in [0.2, 0.25) is 0 Å². The molecule has 1 amide bonds. The summed E-state index contributed by atoms with van der Waals surface area (Å²) in [5.41, 5.74) is 4.32. The highest BCUT2D eigenvalue weighted by Gasteiger charge is 2.35. The predicted molar refractivity (Wildman–Crippen MR) is 144 cm³/mol. The van der Waals surface area contributed by atoms with Gasteiger partial charge in [0.05, 0.1) is 13.0 Å². The van der Waals surface area contributed by atoms with Crippen LogP contribution < -0.4 is 5.32 Å². The molecule has 8 heteroatoms. The first kappa shape index (κ1) is 25.5. The molecule has 3 aromatic rings. The van der Waals surface area contributed by atoms with Crippen molar-refractivity contribution in [2.24, 2.45) is 13.0 Å². The Labute approximate surface area is 217 Å². The van der Waals surface area contributed by atoms with Gasteiger partial charge >= 0.3 is 5.97 Å². The van der Waals surface area contributed by atoms with Crippen molar-refractivity contribution in [2.45, 2.75) is 38.5 Å². The van der Waals surface area contributed by atoms with Gasteiger partial charge in [0.25, 0.3) is 0 Å². The quantitative estimate of drug-likeness (QED) is 0.365. The van der Waals surface area contributed by atoms with Crippen LogP contribution in [0.3, 0.4) is 0 Å². The Morgan fingerprint density at radius 3 is 2.74 bits per heavy atom. The van der Waals surface area contributed by atoms with E-state index in [-0.39, 0.29) is 35.2 Å². The van der Waals surface area contributed by atoms with Crippen molar-refractivity contribution in [2.75, 3.05) is 18.2 Å². The first-order chi connectivity index (χ1) is 16.8. The lowest BCUT2D eigenvalue weighted by Crippen LogP contribution is -2.31. The molecule has 0 bridgehead atoms. The van der Waals surface area contributed by atoms with Gasteiger partial charge in [-0.15, -0.1) is 0 Å². The van der Waals surface area contributed by atoms with Crippen LogP contribution in [0.15, 0.2) is 46.9 Å². The van der Waals surface area contributed by atoms with Gasteiger partial charge in [0.1, 0.15) is 5.82 Å². The highest BCUT2D eigenvalue weighted by molar-refractivity contribution is 9.10. The molecule has 184 valence electrons. The number of hydrogen-bond donors (Lipinski definition) is 1. The summed E-state index contributed by atoms with van der Waals surface area (Å²) in [4.78, 5) is 37.5. The van der Waals surface area contributed by atoms with Crippen molar-refractivity contribution < 1.29 is 19.1 Å². The van der Waals surface area contributed by atoms with Crippen LogP contribution in [0.4, 0.5) is 5.82 Å². The number of anilines is 1. The molecule has 0 fully saturated rings. The molecule has 6 nitrogen and oxygen atoms in total. The number of amides is 1. The Kier molecular flexibility index (Phi) is 8.02. The van der Waals surface area contributed by atoms with Gasteiger partial charge in [-0.05, 0) is 54.5 Å². The van der Waals surface area contributed by atoms with E-state index in [4.69, 9.17) is 4.74 Å². The van der Waals surface area contributed by atoms with Gasteiger partial charge in [0, 0.05) is 47.1 Å². The third-order valence-corrected chi connectivity index (χ3v) is 8.20. The van der Waals surface area contributed by atoms with Crippen molar-refractivity contribution in [3.8, 4) is 0 Å². The number of methoxy groups -OCH3 is 1. The van der Waals surface area contributed by atoms with E-state index < -0.39 is 0 Å². The number of aryl methyl sites for hydroxylation is 3. The van der Waals surface area contributed by atoms with Gasteiger partial charge < -0.3 is 14.6 Å². The number of nitrogens with zero attached hydrogens (tertiary/aromatic N) is 1. The number of rotatable bonds is 8. The molecule has 1 aliphatic rings. The van der Waals surface area contributed by atoms with Crippen LogP contribution in [-0.4, -0.2) is 34.4 Å². The first-order valence-electron chi connectivity index (χ1n) is 11.7. The summed E-state index contributed by atoms with van der Waals surface area (Å²) in [7, 11) is 3.30. The van der Waals surface area contributed by atoms with Crippen LogP contribution in [-0.2, 0) is 39.0 Å². The van der Waals surface area contributed by atoms with Gasteiger partial charge in [-0.2, -0.15) is 0 Å². The lowest BCUT2D eigenvalue weighted by atomic mass is 9.87. The van der Waals surface area contributed by atoms with Crippen molar-refractivity contribution in [3.05, 3.63) is 63.6 Å². The van der Waals surface area contributed by atoms with Crippen LogP contribution in [0, 0.1) is 5.92 Å². The molecule has 1 heterocycles. The zero-order chi connectivity index (χ0) is 25.1. The Bertz CT molecular complexity index is 1290. The second-order valence-corrected chi connectivity index (χ2v) is 11.0. The number of carbonyl (C=O) groups excluding carboxylic acids is 3. The van der Waals surface area contributed by atoms with E-state index in [1.165, 1.54) is 36.9 Å². The average Bonchev–Trinajstić information content (AvgIpc) is 3.36. The van der Waals surface area contributed by atoms with E-state index in [2.05, 4.69) is 33.4 Å². The van der Waals surface area contributed by atoms with Crippen molar-refractivity contribution in [1.82, 2.24) is 4.57 Å². The number of hydrogen-bond acceptors (Lipinski definition) is 5. The van der Waals surface area contributed by atoms with Gasteiger partial charge in [-0.1, -0.05) is 52.0 Å². The molecule has 1 N–H and O–H groups in total. The summed E-state index contributed by atoms with van der Waals surface area (Å²) in [5.74, 6) is 0.385. The van der Waals surface area contributed by atoms with Crippen molar-refractivity contribution in [3.63, 3.8) is 0 Å². The lowest BCUT2D eigenvalue weighted by molar-refractivity contribution is -0.140. The number of aromatic nitrogens is 1. The molecule has 0 spiro atoms. The Morgan fingerprint density at radius 1 is 1.23 bits per heavy atom. The van der Waals surface area contributed by atoms with E-state index >= 15 is 0 Å². The molecule has 0 saturated heterocycles. The van der Waals surface area contributed by atoms with Gasteiger partial charge in [-0.25, -0.2) is 0 Å². The Balaban J connectivity index is 1.68. The molecular weight excluding hydrogens is 528 g/mol. The first-order valence-corrected chi connectivity index (χ1v) is 13.4. The van der Waals surface area contributed by atoms with E-state index in [1.54, 1.807) is 0 Å². The Hall–Kier alpha value is -2.58. The third-order valence-electron chi connectivity index (χ3n) is 6.78. The number of esters is 1. The summed E-state index contributed by atoms with van der Waals surface area (Å²) in [6.45, 7) is 1.54. The Morgan fingerprint density at radius 2 is 2.00 bits per heavy atom. The number of ether oxygens (including phenoxy) is 1. The van der Waals surface area contributed by atoms with Crippen molar-refractivity contribution in [1.29, 1.82) is 0 Å². The highest BCUT2D eigenvalue weighted by atomic mass is 79.9. The number of carbonyl (C=O) groups is 3. The summed E-state index contributed by atoms with van der Waals surface area (Å²) in [6, 6.07) is 14.1. The molecule has 35 heavy (non-hydrogen) atoms. The fourth-order valence-corrected chi connectivity index (χ4v) is 6.25. The van der Waals surface area contributed by atoms with Crippen LogP contribution in [0.5, 0.6) is 0 Å². The lowest BCUT2D eigenvalue weighted by Gasteiger charge is -2.24. The summed E-state index contributed by atoms with van der Waals surface area (Å²) in [6.07, 6.45) is 2.46.